The lowest BCUT2D eigenvalue weighted by Gasteiger charge is -2.24. The molecule has 0 aromatic rings. The highest BCUT2D eigenvalue weighted by Gasteiger charge is 2.27. The molecule has 9 nitrogen and oxygen atoms in total. The van der Waals surface area contributed by atoms with Gasteiger partial charge in [0, 0.05) is 12.8 Å². The zero-order valence-electron chi connectivity index (χ0n) is 55.4. The molecule has 0 radical (unpaired) electrons. The van der Waals surface area contributed by atoms with E-state index in [0.717, 1.165) is 77.0 Å². The molecule has 2 atom stereocenters. The molecule has 0 aromatic heterocycles. The molecular weight excluding hydrogens is 1060 g/mol. The molecule has 10 heteroatoms. The van der Waals surface area contributed by atoms with Crippen molar-refractivity contribution in [3.05, 3.63) is 97.2 Å². The van der Waals surface area contributed by atoms with Crippen molar-refractivity contribution in [3.63, 3.8) is 0 Å². The van der Waals surface area contributed by atoms with Crippen LogP contribution < -0.4 is 0 Å². The number of hydrogen-bond acceptors (Lipinski definition) is 7. The molecule has 0 aliphatic heterocycles. The minimum absolute atomic E-state index is 0.0297. The van der Waals surface area contributed by atoms with Gasteiger partial charge in [0.05, 0.1) is 27.7 Å². The van der Waals surface area contributed by atoms with E-state index in [0.29, 0.717) is 17.4 Å². The maximum atomic E-state index is 12.9. The molecule has 2 unspecified atom stereocenters. The molecule has 0 fully saturated rings. The van der Waals surface area contributed by atoms with Gasteiger partial charge in [0.1, 0.15) is 19.8 Å². The van der Waals surface area contributed by atoms with Gasteiger partial charge in [-0.1, -0.05) is 297 Å². The maximum absolute atomic E-state index is 12.9. The van der Waals surface area contributed by atoms with Gasteiger partial charge < -0.3 is 18.9 Å². The van der Waals surface area contributed by atoms with Crippen LogP contribution in [0.3, 0.4) is 0 Å². The Kier molecular flexibility index (Phi) is 62.1. The lowest BCUT2D eigenvalue weighted by molar-refractivity contribution is -0.870. The summed E-state index contributed by atoms with van der Waals surface area (Å²) in [6, 6.07) is 0. The second kappa shape index (κ2) is 64.4. The fourth-order valence-corrected chi connectivity index (χ4v) is 10.5. The third-order valence-electron chi connectivity index (χ3n) is 15.1. The van der Waals surface area contributed by atoms with E-state index in [1.807, 2.05) is 21.1 Å². The van der Waals surface area contributed by atoms with Crippen LogP contribution in [0.2, 0.25) is 0 Å². The van der Waals surface area contributed by atoms with E-state index >= 15 is 0 Å². The summed E-state index contributed by atoms with van der Waals surface area (Å²) in [7, 11) is 1.48. The first-order chi connectivity index (χ1) is 41.0. The summed E-state index contributed by atoms with van der Waals surface area (Å²) < 4.78 is 34.7. The number of carbonyl (C=O) groups is 2. The second-order valence-electron chi connectivity index (χ2n) is 24.5. The van der Waals surface area contributed by atoms with Gasteiger partial charge in [0.25, 0.3) is 0 Å². The predicted octanol–water partition coefficient (Wildman–Crippen LogP) is 22.7. The van der Waals surface area contributed by atoms with Gasteiger partial charge >= 0.3 is 19.8 Å². The van der Waals surface area contributed by atoms with Crippen LogP contribution in [0.5, 0.6) is 0 Å². The third kappa shape index (κ3) is 68.0. The van der Waals surface area contributed by atoms with E-state index in [2.05, 4.69) is 111 Å². The summed E-state index contributed by atoms with van der Waals surface area (Å²) in [4.78, 5) is 35.8. The lowest BCUT2D eigenvalue weighted by Crippen LogP contribution is -2.37. The molecule has 0 saturated carbocycles. The maximum Gasteiger partial charge on any atom is 0.472 e. The summed E-state index contributed by atoms with van der Waals surface area (Å²) >= 11 is 0. The molecule has 84 heavy (non-hydrogen) atoms. The number of hydrogen-bond donors (Lipinski definition) is 1. The van der Waals surface area contributed by atoms with E-state index in [-0.39, 0.29) is 32.0 Å². The van der Waals surface area contributed by atoms with Gasteiger partial charge in [0.2, 0.25) is 0 Å². The first kappa shape index (κ1) is 80.9. The average molecular weight is 1200 g/mol. The Hall–Kier alpha value is -3.07. The Balaban J connectivity index is 3.98. The Labute approximate surface area is 519 Å². The molecule has 0 bridgehead atoms. The van der Waals surface area contributed by atoms with Crippen LogP contribution >= 0.6 is 7.82 Å². The average Bonchev–Trinajstić information content (AvgIpc) is 3.61. The molecule has 0 aliphatic rings. The highest BCUT2D eigenvalue weighted by molar-refractivity contribution is 7.47. The van der Waals surface area contributed by atoms with Crippen molar-refractivity contribution in [1.29, 1.82) is 0 Å². The van der Waals surface area contributed by atoms with E-state index in [1.165, 1.54) is 199 Å². The first-order valence-corrected chi connectivity index (χ1v) is 36.5. The van der Waals surface area contributed by atoms with Crippen molar-refractivity contribution >= 4 is 19.8 Å². The largest absolute Gasteiger partial charge is 0.472 e. The molecule has 0 aliphatic carbocycles. The fraction of sp³-hybridized carbons (Fsp3) is 0.757. The zero-order valence-corrected chi connectivity index (χ0v) is 56.3. The number of nitrogens with zero attached hydrogens (tertiary/aromatic N) is 1. The number of phosphoric acid groups is 1. The molecule has 0 saturated heterocycles. The number of rotatable bonds is 64. The number of quaternary nitrogens is 1. The molecule has 486 valence electrons. The quantitative estimate of drug-likeness (QED) is 0.0211. The number of ether oxygens (including phenoxy) is 2. The van der Waals surface area contributed by atoms with Crippen molar-refractivity contribution in [2.24, 2.45) is 0 Å². The Morgan fingerprint density at radius 2 is 0.679 bits per heavy atom. The van der Waals surface area contributed by atoms with Gasteiger partial charge in [0.15, 0.2) is 6.10 Å². The monoisotopic (exact) mass is 1190 g/mol. The van der Waals surface area contributed by atoms with Crippen LogP contribution in [0, 0.1) is 0 Å². The summed E-state index contributed by atoms with van der Waals surface area (Å²) in [5, 5.41) is 0. The van der Waals surface area contributed by atoms with Gasteiger partial charge in [-0.25, -0.2) is 4.57 Å². The molecule has 0 spiro atoms. The molecule has 1 N–H and O–H groups in total. The Bertz CT molecular complexity index is 1740. The van der Waals surface area contributed by atoms with Gasteiger partial charge in [-0.05, 0) is 96.3 Å². The zero-order chi connectivity index (χ0) is 61.2. The number of unbranched alkanes of at least 4 members (excludes halogenated alkanes) is 34. The van der Waals surface area contributed by atoms with Gasteiger partial charge in [-0.2, -0.15) is 0 Å². The van der Waals surface area contributed by atoms with E-state index in [4.69, 9.17) is 18.5 Å². The van der Waals surface area contributed by atoms with Crippen molar-refractivity contribution in [1.82, 2.24) is 0 Å². The first-order valence-electron chi connectivity index (χ1n) is 35.0. The summed E-state index contributed by atoms with van der Waals surface area (Å²) in [6.07, 6.45) is 89.4. The summed E-state index contributed by atoms with van der Waals surface area (Å²) in [5.41, 5.74) is 0. The van der Waals surface area contributed by atoms with Crippen LogP contribution in [0.15, 0.2) is 97.2 Å². The van der Waals surface area contributed by atoms with Crippen LogP contribution in [-0.4, -0.2) is 74.9 Å². The number of allylic oxidation sites excluding steroid dienone is 16. The van der Waals surface area contributed by atoms with Crippen molar-refractivity contribution in [3.8, 4) is 0 Å². The molecule has 0 heterocycles. The van der Waals surface area contributed by atoms with Crippen molar-refractivity contribution < 1.29 is 42.1 Å². The van der Waals surface area contributed by atoms with E-state index in [9.17, 15) is 19.0 Å². The topological polar surface area (TPSA) is 108 Å². The van der Waals surface area contributed by atoms with Crippen LogP contribution in [0.25, 0.3) is 0 Å². The minimum atomic E-state index is -4.39. The Morgan fingerprint density at radius 1 is 0.381 bits per heavy atom. The van der Waals surface area contributed by atoms with E-state index < -0.39 is 26.5 Å². The Morgan fingerprint density at radius 3 is 1.01 bits per heavy atom. The highest BCUT2D eigenvalue weighted by atomic mass is 31.2. The highest BCUT2D eigenvalue weighted by Crippen LogP contribution is 2.43. The number of phosphoric ester groups is 1. The van der Waals surface area contributed by atoms with E-state index in [1.54, 1.807) is 0 Å². The fourth-order valence-electron chi connectivity index (χ4n) is 9.76. The van der Waals surface area contributed by atoms with Crippen LogP contribution in [0.4, 0.5) is 0 Å². The SMILES string of the molecule is CC/C=C\C/C=C\C/C=C\C/C=C\C/C=C\C/C=C\CCCCCCCCCCCCCCCCCCCCCCC(=O)OC(COC(=O)CCCCCCCCCCC/C=C\C/C=C\CCCCCCC)COP(=O)(O)OCC[N+](C)(C)C. The number of likely N-dealkylation sites (N-methyl/N-ethyl adjacent to an activating group) is 1. The number of carbonyl (C=O) groups excluding carboxylic acids is 2. The van der Waals surface area contributed by atoms with Gasteiger partial charge in [-0.15, -0.1) is 0 Å². The predicted molar refractivity (Wildman–Crippen MR) is 362 cm³/mol. The van der Waals surface area contributed by atoms with Crippen LogP contribution in [0.1, 0.15) is 309 Å². The molecular formula is C74H133NO8P+. The molecule has 0 rings (SSSR count). The van der Waals surface area contributed by atoms with Crippen LogP contribution in [-0.2, 0) is 32.7 Å². The van der Waals surface area contributed by atoms with Crippen molar-refractivity contribution in [2.45, 2.75) is 315 Å². The third-order valence-corrected chi connectivity index (χ3v) is 16.1. The second-order valence-corrected chi connectivity index (χ2v) is 26.0. The minimum Gasteiger partial charge on any atom is -0.462 e. The van der Waals surface area contributed by atoms with Gasteiger partial charge in [-0.3, -0.25) is 18.6 Å². The standard InChI is InChI=1S/C74H132NO8P/c1-6-8-10-12-14-16-18-20-22-24-26-28-29-30-31-32-33-34-35-36-37-38-39-40-41-42-43-44-45-47-49-51-53-55-57-59-61-63-65-67-74(77)83-72(71-82-84(78,79)81-69-68-75(3,4)5)70-80-73(76)66-64-62-60-58-56-54-52-50-48-46-27-25-23-21-19-17-15-13-11-9-7-2/h8,10,14,16,19-22,25-28,30-31,33-34,72H,6-7,9,11-13,15,17-18,23-24,29,32,35-71H2,1-5H3/p+1/b10-8-,16-14-,21-19-,22-20-,27-25-,28-26-,31-30-,34-33-. The smallest absolute Gasteiger partial charge is 0.462 e. The summed E-state index contributed by atoms with van der Waals surface area (Å²) in [6.45, 7) is 4.34. The van der Waals surface area contributed by atoms with Crippen molar-refractivity contribution in [2.75, 3.05) is 47.5 Å². The lowest BCUT2D eigenvalue weighted by atomic mass is 10.0. The number of esters is 2. The molecule has 0 amide bonds. The molecule has 0 aromatic carbocycles. The summed E-state index contributed by atoms with van der Waals surface area (Å²) in [5.74, 6) is -0.792. The normalized spacial score (nSPS) is 13.7.